The Morgan fingerprint density at radius 1 is 1.00 bits per heavy atom. The number of benzene rings is 2. The van der Waals surface area contributed by atoms with Crippen molar-refractivity contribution in [3.05, 3.63) is 35.9 Å². The minimum atomic E-state index is 0.863. The normalized spacial score (nSPS) is 11.2. The van der Waals surface area contributed by atoms with Crippen molar-refractivity contribution in [2.45, 2.75) is 6.92 Å². The molecule has 0 saturated heterocycles. The highest BCUT2D eigenvalue weighted by molar-refractivity contribution is 6.06. The third-order valence-electron chi connectivity index (χ3n) is 3.41. The maximum Gasteiger partial charge on any atom is 0.143 e. The first-order valence-corrected chi connectivity index (χ1v) is 6.28. The maximum atomic E-state index is 5.92. The first kappa shape index (κ1) is 11.9. The summed E-state index contributed by atoms with van der Waals surface area (Å²) in [6.45, 7) is 2.09. The molecule has 0 amide bonds. The van der Waals surface area contributed by atoms with Crippen LogP contribution in [0.1, 0.15) is 5.56 Å². The molecular formula is C16H17NO2. The molecule has 3 nitrogen and oxygen atoms in total. The second-order valence-electron chi connectivity index (χ2n) is 5.02. The highest BCUT2D eigenvalue weighted by atomic mass is 16.5. The van der Waals surface area contributed by atoms with Crippen LogP contribution in [0.3, 0.4) is 0 Å². The minimum absolute atomic E-state index is 0.863. The Bertz CT molecular complexity index is 756. The van der Waals surface area contributed by atoms with Crippen molar-refractivity contribution in [2.24, 2.45) is 0 Å². The van der Waals surface area contributed by atoms with Gasteiger partial charge in [0.1, 0.15) is 16.9 Å². The van der Waals surface area contributed by atoms with E-state index in [1.54, 1.807) is 7.11 Å². The molecule has 1 aromatic heterocycles. The van der Waals surface area contributed by atoms with E-state index in [9.17, 15) is 0 Å². The van der Waals surface area contributed by atoms with E-state index in [1.165, 1.54) is 5.56 Å². The summed E-state index contributed by atoms with van der Waals surface area (Å²) in [5.74, 6) is 0.863. The number of fused-ring (bicyclic) bond motifs is 3. The van der Waals surface area contributed by atoms with Crippen molar-refractivity contribution in [3.63, 3.8) is 0 Å². The molecule has 0 spiro atoms. The van der Waals surface area contributed by atoms with E-state index in [-0.39, 0.29) is 0 Å². The number of anilines is 1. The van der Waals surface area contributed by atoms with Gasteiger partial charge < -0.3 is 14.1 Å². The molecule has 98 valence electrons. The molecular weight excluding hydrogens is 238 g/mol. The van der Waals surface area contributed by atoms with E-state index in [1.807, 2.05) is 31.1 Å². The van der Waals surface area contributed by atoms with Crippen LogP contribution < -0.4 is 9.64 Å². The van der Waals surface area contributed by atoms with Crippen LogP contribution in [-0.2, 0) is 0 Å². The molecule has 0 fully saturated rings. The van der Waals surface area contributed by atoms with E-state index >= 15 is 0 Å². The van der Waals surface area contributed by atoms with Gasteiger partial charge in [0.15, 0.2) is 0 Å². The predicted octanol–water partition coefficient (Wildman–Crippen LogP) is 3.97. The topological polar surface area (TPSA) is 25.6 Å². The predicted molar refractivity (Wildman–Crippen MR) is 79.3 cm³/mol. The van der Waals surface area contributed by atoms with Crippen LogP contribution >= 0.6 is 0 Å². The molecule has 0 aliphatic rings. The second kappa shape index (κ2) is 4.19. The van der Waals surface area contributed by atoms with Gasteiger partial charge in [-0.1, -0.05) is 11.6 Å². The number of nitrogens with zero attached hydrogens (tertiary/aromatic N) is 1. The molecule has 1 heterocycles. The third-order valence-corrected chi connectivity index (χ3v) is 3.41. The van der Waals surface area contributed by atoms with Crippen molar-refractivity contribution in [1.82, 2.24) is 0 Å². The highest BCUT2D eigenvalue weighted by Crippen LogP contribution is 2.37. The molecule has 0 radical (unpaired) electrons. The van der Waals surface area contributed by atoms with Crippen molar-refractivity contribution in [3.8, 4) is 5.75 Å². The quantitative estimate of drug-likeness (QED) is 0.693. The summed E-state index contributed by atoms with van der Waals surface area (Å²) in [5, 5.41) is 2.24. The van der Waals surface area contributed by atoms with Gasteiger partial charge in [-0.25, -0.2) is 0 Å². The van der Waals surface area contributed by atoms with Crippen LogP contribution in [0.5, 0.6) is 5.75 Å². The number of hydrogen-bond acceptors (Lipinski definition) is 3. The van der Waals surface area contributed by atoms with E-state index in [0.29, 0.717) is 0 Å². The summed E-state index contributed by atoms with van der Waals surface area (Å²) in [6, 6.07) is 10.3. The molecule has 0 aliphatic heterocycles. The number of ether oxygens (including phenoxy) is 1. The first-order chi connectivity index (χ1) is 9.10. The van der Waals surface area contributed by atoms with Crippen LogP contribution in [0.2, 0.25) is 0 Å². The molecule has 3 aromatic rings. The monoisotopic (exact) mass is 255 g/mol. The van der Waals surface area contributed by atoms with Gasteiger partial charge in [0, 0.05) is 30.9 Å². The molecule has 3 heteroatoms. The lowest BCUT2D eigenvalue weighted by Crippen LogP contribution is -2.09. The summed E-state index contributed by atoms with van der Waals surface area (Å²) in [6.07, 6.45) is 0. The maximum absolute atomic E-state index is 5.92. The lowest BCUT2D eigenvalue weighted by Gasteiger charge is -2.16. The largest absolute Gasteiger partial charge is 0.495 e. The zero-order valence-electron chi connectivity index (χ0n) is 11.7. The first-order valence-electron chi connectivity index (χ1n) is 6.28. The molecule has 19 heavy (non-hydrogen) atoms. The van der Waals surface area contributed by atoms with Crippen molar-refractivity contribution in [2.75, 3.05) is 26.1 Å². The fraction of sp³-hybridized carbons (Fsp3) is 0.250. The number of aryl methyl sites for hydroxylation is 1. The Hall–Kier alpha value is -2.16. The van der Waals surface area contributed by atoms with Gasteiger partial charge >= 0.3 is 0 Å². The van der Waals surface area contributed by atoms with Crippen molar-refractivity contribution in [1.29, 1.82) is 0 Å². The smallest absolute Gasteiger partial charge is 0.143 e. The zero-order valence-corrected chi connectivity index (χ0v) is 11.7. The fourth-order valence-electron chi connectivity index (χ4n) is 2.42. The van der Waals surface area contributed by atoms with E-state index in [2.05, 4.69) is 25.1 Å². The molecule has 0 atom stereocenters. The molecule has 2 aromatic carbocycles. The number of methoxy groups -OCH3 is 1. The molecule has 0 aliphatic carbocycles. The lowest BCUT2D eigenvalue weighted by atomic mass is 10.1. The van der Waals surface area contributed by atoms with E-state index in [4.69, 9.17) is 9.15 Å². The van der Waals surface area contributed by atoms with Crippen LogP contribution in [0.25, 0.3) is 21.9 Å². The number of rotatable bonds is 2. The van der Waals surface area contributed by atoms with Gasteiger partial charge in [0.25, 0.3) is 0 Å². The minimum Gasteiger partial charge on any atom is -0.495 e. The fourth-order valence-corrected chi connectivity index (χ4v) is 2.42. The highest BCUT2D eigenvalue weighted by Gasteiger charge is 2.13. The summed E-state index contributed by atoms with van der Waals surface area (Å²) in [5.41, 5.74) is 4.06. The Kier molecular flexibility index (Phi) is 2.63. The van der Waals surface area contributed by atoms with E-state index < -0.39 is 0 Å². The molecule has 0 saturated carbocycles. The molecule has 0 bridgehead atoms. The molecule has 0 unspecified atom stereocenters. The zero-order chi connectivity index (χ0) is 13.6. The number of furan rings is 1. The average Bonchev–Trinajstić information content (AvgIpc) is 2.74. The van der Waals surface area contributed by atoms with Crippen LogP contribution in [-0.4, -0.2) is 21.2 Å². The van der Waals surface area contributed by atoms with Gasteiger partial charge in [-0.2, -0.15) is 0 Å². The van der Waals surface area contributed by atoms with Gasteiger partial charge in [-0.3, -0.25) is 0 Å². The average molecular weight is 255 g/mol. The van der Waals surface area contributed by atoms with Crippen molar-refractivity contribution < 1.29 is 9.15 Å². The Morgan fingerprint density at radius 3 is 2.42 bits per heavy atom. The SMILES string of the molecule is COc1cc2c(cc1N(C)C)oc1ccc(C)cc12. The lowest BCUT2D eigenvalue weighted by molar-refractivity contribution is 0.416. The van der Waals surface area contributed by atoms with Crippen LogP contribution in [0, 0.1) is 6.92 Å². The van der Waals surface area contributed by atoms with Crippen LogP contribution in [0.15, 0.2) is 34.7 Å². The molecule has 3 rings (SSSR count). The number of hydrogen-bond donors (Lipinski definition) is 0. The molecule has 0 N–H and O–H groups in total. The van der Waals surface area contributed by atoms with Gasteiger partial charge in [0.05, 0.1) is 12.8 Å². The second-order valence-corrected chi connectivity index (χ2v) is 5.02. The van der Waals surface area contributed by atoms with Gasteiger partial charge in [-0.05, 0) is 25.1 Å². The van der Waals surface area contributed by atoms with Crippen LogP contribution in [0.4, 0.5) is 5.69 Å². The Morgan fingerprint density at radius 2 is 1.74 bits per heavy atom. The Labute approximate surface area is 112 Å². The van der Waals surface area contributed by atoms with E-state index in [0.717, 1.165) is 33.4 Å². The summed E-state index contributed by atoms with van der Waals surface area (Å²) in [7, 11) is 5.69. The van der Waals surface area contributed by atoms with Gasteiger partial charge in [0.2, 0.25) is 0 Å². The van der Waals surface area contributed by atoms with Gasteiger partial charge in [-0.15, -0.1) is 0 Å². The summed E-state index contributed by atoms with van der Waals surface area (Å²) < 4.78 is 11.4. The van der Waals surface area contributed by atoms with Crippen molar-refractivity contribution >= 4 is 27.6 Å². The summed E-state index contributed by atoms with van der Waals surface area (Å²) in [4.78, 5) is 2.02. The standard InChI is InChI=1S/C16H17NO2/c1-10-5-6-14-11(7-10)12-8-16(18-4)13(17(2)3)9-15(12)19-14/h5-9H,1-4H3. The Balaban J connectivity index is 2.39. The summed E-state index contributed by atoms with van der Waals surface area (Å²) >= 11 is 0. The third kappa shape index (κ3) is 1.82.